The first-order valence-corrected chi connectivity index (χ1v) is 35.7. The van der Waals surface area contributed by atoms with Crippen LogP contribution >= 0.6 is 0 Å². The van der Waals surface area contributed by atoms with Crippen molar-refractivity contribution in [2.75, 3.05) is 60.3 Å². The number of para-hydroxylation sites is 1. The number of nitrogens with zero attached hydrogens (tertiary/aromatic N) is 20. The van der Waals surface area contributed by atoms with Crippen LogP contribution in [0.1, 0.15) is 75.3 Å². The van der Waals surface area contributed by atoms with E-state index in [0.29, 0.717) is 105 Å². The molecular weight excluding hydrogens is 1460 g/mol. The van der Waals surface area contributed by atoms with Gasteiger partial charge in [0.2, 0.25) is 0 Å². The minimum atomic E-state index is -4.40. The van der Waals surface area contributed by atoms with E-state index in [4.69, 9.17) is 4.74 Å². The predicted molar refractivity (Wildman–Crippen MR) is 402 cm³/mol. The molecule has 10 N–H and O–H groups in total. The van der Waals surface area contributed by atoms with E-state index in [0.717, 1.165) is 84.5 Å². The Hall–Kier alpha value is -13.9. The molecule has 572 valence electrons. The lowest BCUT2D eigenvalue weighted by molar-refractivity contribution is -0.138. The summed E-state index contributed by atoms with van der Waals surface area (Å²) < 4.78 is 116. The summed E-state index contributed by atoms with van der Waals surface area (Å²) >= 11 is 0. The van der Waals surface area contributed by atoms with Crippen molar-refractivity contribution >= 4 is 116 Å². The van der Waals surface area contributed by atoms with Gasteiger partial charge in [-0.25, -0.2) is 8.78 Å². The maximum atomic E-state index is 13.7. The van der Waals surface area contributed by atoms with Crippen molar-refractivity contribution in [3.8, 4) is 5.75 Å². The quantitative estimate of drug-likeness (QED) is 0.0299. The number of benzene rings is 5. The Labute approximate surface area is 629 Å². The topological polar surface area (TPSA) is 345 Å². The van der Waals surface area contributed by atoms with Crippen LogP contribution in [-0.2, 0) is 12.4 Å². The molecule has 0 aliphatic heterocycles. The van der Waals surface area contributed by atoms with E-state index in [9.17, 15) is 35.1 Å². The summed E-state index contributed by atoms with van der Waals surface area (Å²) in [4.78, 5) is 0. The van der Waals surface area contributed by atoms with Gasteiger partial charge >= 0.3 is 12.4 Å². The first-order valence-electron chi connectivity index (χ1n) is 35.7. The highest BCUT2D eigenvalue weighted by Crippen LogP contribution is 2.35. The van der Waals surface area contributed by atoms with Crippen molar-refractivity contribution in [1.29, 1.82) is 0 Å². The number of rotatable bonds is 21. The molecule has 5 aromatic carbocycles. The number of aromatic nitrogens is 20. The SMILES string of the molecule is COc1cccc(Nc2nnc3ccc(NC4CC4)nn23)c1.FC(F)(F)c1ccc(Nc2nnc3ccc(NC4CC4)nn23)cc1.FC(F)(F)c1cccc(Nc2nnc3ccc(NC4CC4)nn23)c1.Fc1ccc(Nc2nnc3ccc(NC4CC4)nn23)cc1.Fc1ccccc1Nc1nnc2ccc(NC3CC3)nn12. The van der Waals surface area contributed by atoms with E-state index in [-0.39, 0.29) is 23.3 Å². The van der Waals surface area contributed by atoms with Gasteiger partial charge < -0.3 is 57.9 Å². The van der Waals surface area contributed by atoms with E-state index in [1.807, 2.05) is 66.7 Å². The third-order valence-electron chi connectivity index (χ3n) is 17.4. The second kappa shape index (κ2) is 31.4. The van der Waals surface area contributed by atoms with Gasteiger partial charge in [-0.2, -0.15) is 48.9 Å². The lowest BCUT2D eigenvalue weighted by Gasteiger charge is -2.09. The lowest BCUT2D eigenvalue weighted by Crippen LogP contribution is -2.08. The summed E-state index contributed by atoms with van der Waals surface area (Å²) in [6.07, 6.45) is 2.82. The molecule has 5 saturated carbocycles. The van der Waals surface area contributed by atoms with E-state index < -0.39 is 23.5 Å². The molecular formula is C73H68F8N30O. The smallest absolute Gasteiger partial charge is 0.416 e. The Kier molecular flexibility index (Phi) is 20.2. The number of hydrogen-bond acceptors (Lipinski definition) is 26. The van der Waals surface area contributed by atoms with Crippen LogP contribution < -0.4 is 57.9 Å². The first kappa shape index (κ1) is 72.3. The second-order valence-corrected chi connectivity index (χ2v) is 26.7. The summed E-state index contributed by atoms with van der Waals surface area (Å²) in [7, 11) is 1.64. The minimum absolute atomic E-state index is 0.253. The fourth-order valence-electron chi connectivity index (χ4n) is 10.9. The standard InChI is InChI=1S/2C15H13F3N6.C15H16N6O.2C14H13FN6/c16-15(17,18)9-1-3-11(4-2-9)20-14-22-21-13-8-7-12(23-24(13)14)19-10-5-6-10;16-15(17,18)9-2-1-3-11(8-9)20-14-22-21-13-7-6-12(23-24(13)14)19-10-4-5-10;1-22-12-4-2-3-11(9-12)17-15-19-18-14-8-7-13(20-21(14)15)16-10-5-6-10;15-9-1-3-11(4-2-9)17-14-19-18-13-8-7-12(20-21(13)14)16-10-5-6-10;15-10-3-1-2-4-11(10)17-14-19-18-13-8-7-12(20-21(13)14)16-9-5-6-9/h1-4,7-8,10H,5-6H2,(H,19,23)(H,20,22);1-3,6-8,10H,4-5H2,(H,19,23)(H,20,22);2-4,7-10H,5-6H2,1H3,(H,16,20)(H,17,19);1-4,7-8,10H,5-6H2,(H,16,20)(H,17,19);1-4,7-9H,5-6H2,(H,16,20)(H,17,19). The molecule has 15 aromatic rings. The Morgan fingerprint density at radius 1 is 0.312 bits per heavy atom. The highest BCUT2D eigenvalue weighted by Gasteiger charge is 2.32. The van der Waals surface area contributed by atoms with Crippen molar-refractivity contribution in [2.24, 2.45) is 0 Å². The van der Waals surface area contributed by atoms with Gasteiger partial charge in [-0.15, -0.1) is 76.5 Å². The maximum Gasteiger partial charge on any atom is 0.416 e. The molecule has 5 aliphatic rings. The van der Waals surface area contributed by atoms with Crippen LogP contribution in [0.4, 0.5) is 122 Å². The van der Waals surface area contributed by atoms with Gasteiger partial charge in [0.1, 0.15) is 46.5 Å². The molecule has 10 heterocycles. The van der Waals surface area contributed by atoms with Crippen molar-refractivity contribution in [1.82, 2.24) is 99.1 Å². The van der Waals surface area contributed by atoms with Crippen LogP contribution in [0.25, 0.3) is 28.2 Å². The summed E-state index contributed by atoms with van der Waals surface area (Å²) in [6, 6.07) is 50.7. The van der Waals surface area contributed by atoms with E-state index >= 15 is 0 Å². The number of anilines is 15. The summed E-state index contributed by atoms with van der Waals surface area (Å²) in [6.45, 7) is 0. The van der Waals surface area contributed by atoms with Gasteiger partial charge in [-0.3, -0.25) is 0 Å². The molecule has 31 nitrogen and oxygen atoms in total. The lowest BCUT2D eigenvalue weighted by atomic mass is 10.2. The highest BCUT2D eigenvalue weighted by molar-refractivity contribution is 5.64. The largest absolute Gasteiger partial charge is 0.497 e. The van der Waals surface area contributed by atoms with Gasteiger partial charge in [0.25, 0.3) is 29.7 Å². The zero-order valence-corrected chi connectivity index (χ0v) is 59.2. The van der Waals surface area contributed by atoms with Crippen LogP contribution in [-0.4, -0.2) is 136 Å². The van der Waals surface area contributed by atoms with Crippen molar-refractivity contribution in [3.63, 3.8) is 0 Å². The number of halogens is 8. The van der Waals surface area contributed by atoms with Crippen LogP contribution in [0, 0.1) is 11.6 Å². The van der Waals surface area contributed by atoms with Gasteiger partial charge in [-0.1, -0.05) is 24.3 Å². The van der Waals surface area contributed by atoms with Gasteiger partial charge in [0.15, 0.2) is 28.2 Å². The first-order chi connectivity index (χ1) is 54.4. The Bertz CT molecular complexity index is 5770. The Morgan fingerprint density at radius 3 is 0.973 bits per heavy atom. The number of methoxy groups -OCH3 is 1. The van der Waals surface area contributed by atoms with Crippen LogP contribution in [0.15, 0.2) is 182 Å². The third-order valence-corrected chi connectivity index (χ3v) is 17.4. The number of alkyl halides is 6. The number of ether oxygens (including phenoxy) is 1. The molecule has 5 aliphatic carbocycles. The van der Waals surface area contributed by atoms with Crippen LogP contribution in [0.2, 0.25) is 0 Å². The maximum absolute atomic E-state index is 13.7. The molecule has 0 unspecified atom stereocenters. The van der Waals surface area contributed by atoms with E-state index in [2.05, 4.69) is 130 Å². The fraction of sp³-hybridized carbons (Fsp3) is 0.247. The predicted octanol–water partition coefficient (Wildman–Crippen LogP) is 14.5. The van der Waals surface area contributed by atoms with Gasteiger partial charge in [0.05, 0.1) is 23.9 Å². The van der Waals surface area contributed by atoms with Crippen molar-refractivity contribution in [2.45, 2.75) is 107 Å². The summed E-state index contributed by atoms with van der Waals surface area (Å²) in [5.41, 5.74) is 4.26. The average molecular weight is 1530 g/mol. The number of nitrogens with one attached hydrogen (secondary N) is 10. The Morgan fingerprint density at radius 2 is 0.634 bits per heavy atom. The number of hydrogen-bond donors (Lipinski definition) is 10. The molecule has 0 amide bonds. The molecule has 112 heavy (non-hydrogen) atoms. The Balaban J connectivity index is 0.000000106. The molecule has 5 fully saturated rings. The molecule has 20 rings (SSSR count). The van der Waals surface area contributed by atoms with E-state index in [1.165, 1.54) is 90.0 Å². The molecule has 0 saturated heterocycles. The molecule has 0 radical (unpaired) electrons. The fourth-order valence-corrected chi connectivity index (χ4v) is 10.9. The van der Waals surface area contributed by atoms with Gasteiger partial charge in [0, 0.05) is 59.0 Å². The number of fused-ring (bicyclic) bond motifs is 5. The molecule has 0 spiro atoms. The molecule has 0 atom stereocenters. The summed E-state index contributed by atoms with van der Waals surface area (Å²) in [5.74, 6) is 5.99. The van der Waals surface area contributed by atoms with Crippen LogP contribution in [0.3, 0.4) is 0 Å². The third kappa shape index (κ3) is 18.6. The van der Waals surface area contributed by atoms with Crippen LogP contribution in [0.5, 0.6) is 5.75 Å². The minimum Gasteiger partial charge on any atom is -0.497 e. The second-order valence-electron chi connectivity index (χ2n) is 26.7. The molecule has 10 aromatic heterocycles. The zero-order chi connectivity index (χ0) is 76.9. The van der Waals surface area contributed by atoms with Gasteiger partial charge in [-0.05, 0) is 216 Å². The summed E-state index contributed by atoms with van der Waals surface area (Å²) in [5, 5.41) is 94.1. The monoisotopic (exact) mass is 1530 g/mol. The van der Waals surface area contributed by atoms with Crippen molar-refractivity contribution < 1.29 is 39.9 Å². The highest BCUT2D eigenvalue weighted by atomic mass is 19.4. The van der Waals surface area contributed by atoms with E-state index in [1.54, 1.807) is 69.2 Å². The zero-order valence-electron chi connectivity index (χ0n) is 59.2. The average Bonchev–Trinajstić information content (AvgIpc) is 1.68. The molecule has 39 heteroatoms. The molecule has 0 bridgehead atoms. The normalized spacial score (nSPS) is 14.5. The van der Waals surface area contributed by atoms with Crippen molar-refractivity contribution in [3.05, 3.63) is 205 Å².